The number of carbonyl (C=O) groups is 8. The van der Waals surface area contributed by atoms with Crippen molar-refractivity contribution in [2.45, 2.75) is 6.92 Å². The summed E-state index contributed by atoms with van der Waals surface area (Å²) >= 11 is 0. The van der Waals surface area contributed by atoms with Crippen molar-refractivity contribution in [2.24, 2.45) is 0 Å². The van der Waals surface area contributed by atoms with Gasteiger partial charge in [-0.05, 0) is 104 Å². The van der Waals surface area contributed by atoms with Crippen molar-refractivity contribution in [3.8, 4) is 11.5 Å². The van der Waals surface area contributed by atoms with Gasteiger partial charge in [0, 0.05) is 75.8 Å². The Balaban J connectivity index is 0.00000457. The molecule has 4 amide bonds. The zero-order valence-corrected chi connectivity index (χ0v) is 44.4. The van der Waals surface area contributed by atoms with Gasteiger partial charge in [0.05, 0.1) is 34.4 Å². The number of rotatable bonds is 19. The Morgan fingerprint density at radius 1 is 0.560 bits per heavy atom. The molecular formula is C52H41N9Na2O12. The molecule has 0 aliphatic rings. The minimum atomic E-state index is -1.55. The number of aromatic carboxylic acids is 2. The third-order valence-corrected chi connectivity index (χ3v) is 11.3. The number of fused-ring (bicyclic) bond motifs is 2. The number of carboxylic acids is 2. The first-order valence-corrected chi connectivity index (χ1v) is 22.1. The first-order valence-electron chi connectivity index (χ1n) is 22.1. The summed E-state index contributed by atoms with van der Waals surface area (Å²) in [7, 11) is 0. The number of imidazole rings is 1. The maximum absolute atomic E-state index is 13.8. The molecule has 21 nitrogen and oxygen atoms in total. The van der Waals surface area contributed by atoms with E-state index >= 15 is 0 Å². The van der Waals surface area contributed by atoms with Crippen molar-refractivity contribution in [3.05, 3.63) is 184 Å². The Morgan fingerprint density at radius 3 is 1.59 bits per heavy atom. The van der Waals surface area contributed by atoms with E-state index in [0.29, 0.717) is 22.3 Å². The summed E-state index contributed by atoms with van der Waals surface area (Å²) in [6.45, 7) is 0.879. The molecule has 8 N–H and O–H groups in total. The Labute approximate surface area is 470 Å². The molecular weight excluding hydrogens is 989 g/mol. The SMILES string of the molecule is Cc1c(NC(=O)c2cccc(OCC(=O)NCCNC(=O)COc3cccc(C(=O)Nc4nc(C(=O)c5ccc(N)c(C(=O)[O-])c5)n5ccccc45)c3)c2)c2ccccn2c1C(=O)c1ccc(N)c(C(=O)[O-])c1.[Na+].[Na+]. The molecule has 75 heavy (non-hydrogen) atoms. The fourth-order valence-electron chi connectivity index (χ4n) is 7.70. The van der Waals surface area contributed by atoms with Crippen LogP contribution >= 0.6 is 0 Å². The van der Waals surface area contributed by atoms with E-state index in [0.717, 1.165) is 12.1 Å². The summed E-state index contributed by atoms with van der Waals surface area (Å²) in [6, 6.07) is 29.8. The van der Waals surface area contributed by atoms with Crippen LogP contribution in [-0.4, -0.2) is 87.2 Å². The van der Waals surface area contributed by atoms with Crippen molar-refractivity contribution in [2.75, 3.05) is 48.4 Å². The van der Waals surface area contributed by atoms with E-state index < -0.39 is 60.3 Å². The molecule has 0 spiro atoms. The Hall–Kier alpha value is -8.31. The number of benzene rings is 4. The number of hydrogen-bond donors (Lipinski definition) is 6. The van der Waals surface area contributed by atoms with Gasteiger partial charge < -0.3 is 66.4 Å². The molecule has 0 aliphatic carbocycles. The van der Waals surface area contributed by atoms with Gasteiger partial charge in [-0.2, -0.15) is 0 Å². The molecule has 8 rings (SSSR count). The van der Waals surface area contributed by atoms with Crippen molar-refractivity contribution in [3.63, 3.8) is 0 Å². The smallest absolute Gasteiger partial charge is 0.545 e. The summed E-state index contributed by atoms with van der Waals surface area (Å²) in [6.07, 6.45) is 3.20. The molecule has 8 aromatic rings. The van der Waals surface area contributed by atoms with Crippen LogP contribution in [0.15, 0.2) is 134 Å². The number of carboxylic acid groups (broad SMARTS) is 2. The van der Waals surface area contributed by atoms with E-state index in [1.807, 2.05) is 0 Å². The number of nitrogens with zero attached hydrogens (tertiary/aromatic N) is 3. The number of nitrogens with one attached hydrogen (secondary N) is 4. The number of hydrogen-bond acceptors (Lipinski definition) is 15. The molecule has 0 saturated carbocycles. The second-order valence-electron chi connectivity index (χ2n) is 16.1. The van der Waals surface area contributed by atoms with Crippen molar-refractivity contribution in [1.82, 2.24) is 24.4 Å². The minimum Gasteiger partial charge on any atom is -0.545 e. The molecule has 4 aromatic carbocycles. The van der Waals surface area contributed by atoms with Gasteiger partial charge in [-0.15, -0.1) is 0 Å². The number of ketones is 2. The van der Waals surface area contributed by atoms with E-state index in [2.05, 4.69) is 26.3 Å². The quantitative estimate of drug-likeness (QED) is 0.0198. The topological polar surface area (TPSA) is 323 Å². The van der Waals surface area contributed by atoms with E-state index in [9.17, 15) is 48.6 Å². The van der Waals surface area contributed by atoms with Crippen LogP contribution in [-0.2, 0) is 9.59 Å². The van der Waals surface area contributed by atoms with Crippen molar-refractivity contribution < 1.29 is 117 Å². The maximum atomic E-state index is 13.8. The van der Waals surface area contributed by atoms with Gasteiger partial charge >= 0.3 is 59.1 Å². The first-order chi connectivity index (χ1) is 35.1. The standard InChI is InChI=1S/C52H43N9O12.2Na/c1-28-43(39-12-2-4-20-60(39)44(28)45(64)29-14-16-37(53)35(24-29)51(68)69)57-49(66)31-8-6-10-33(22-31)72-26-41(62)55-18-19-56-42(63)27-73-34-11-7-9-32(23-34)50(67)59-47-40-13-3-5-21-61(40)48(58-47)46(65)30-15-17-38(54)36(25-30)52(70)71;;/h2-17,20-25H,18-19,26-27,53-54H2,1H3,(H,55,62)(H,56,63)(H,57,66)(H,59,67)(H,68,69)(H,70,71);;/q;2*+1/p-2. The van der Waals surface area contributed by atoms with Crippen LogP contribution < -0.4 is 112 Å². The van der Waals surface area contributed by atoms with Crippen LogP contribution in [0.2, 0.25) is 0 Å². The fourth-order valence-corrected chi connectivity index (χ4v) is 7.70. The van der Waals surface area contributed by atoms with Crippen LogP contribution in [0, 0.1) is 6.92 Å². The predicted octanol–water partition coefficient (Wildman–Crippen LogP) is -3.55. The van der Waals surface area contributed by atoms with Gasteiger partial charge in [0.2, 0.25) is 11.6 Å². The third-order valence-electron chi connectivity index (χ3n) is 11.3. The summed E-state index contributed by atoms with van der Waals surface area (Å²) in [5.74, 6) is -6.08. The molecule has 4 aromatic heterocycles. The van der Waals surface area contributed by atoms with Gasteiger partial charge in [-0.3, -0.25) is 33.2 Å². The number of nitrogen functional groups attached to an aromatic ring is 2. The fraction of sp³-hybridized carbons (Fsp3) is 0.0962. The summed E-state index contributed by atoms with van der Waals surface area (Å²) < 4.78 is 14.3. The van der Waals surface area contributed by atoms with Gasteiger partial charge in [-0.1, -0.05) is 24.3 Å². The summed E-state index contributed by atoms with van der Waals surface area (Å²) in [5, 5.41) is 33.9. The zero-order chi connectivity index (χ0) is 51.9. The van der Waals surface area contributed by atoms with Gasteiger partial charge in [0.15, 0.2) is 24.9 Å². The molecule has 0 bridgehead atoms. The average molecular weight is 1030 g/mol. The zero-order valence-electron chi connectivity index (χ0n) is 40.4. The van der Waals surface area contributed by atoms with E-state index in [4.69, 9.17) is 20.9 Å². The summed E-state index contributed by atoms with van der Waals surface area (Å²) in [5.41, 5.74) is 12.9. The van der Waals surface area contributed by atoms with Crippen LogP contribution in [0.5, 0.6) is 11.5 Å². The molecule has 0 saturated heterocycles. The number of aromatic nitrogens is 3. The molecule has 23 heteroatoms. The monoisotopic (exact) mass is 1030 g/mol. The second kappa shape index (κ2) is 24.6. The molecule has 0 unspecified atom stereocenters. The van der Waals surface area contributed by atoms with Gasteiger partial charge in [0.1, 0.15) is 11.5 Å². The number of carbonyl (C=O) groups excluding carboxylic acids is 8. The number of anilines is 4. The molecule has 368 valence electrons. The molecule has 4 heterocycles. The average Bonchev–Trinajstić information content (AvgIpc) is 3.89. The first kappa shape index (κ1) is 56.0. The largest absolute Gasteiger partial charge is 1.00 e. The van der Waals surface area contributed by atoms with E-state index in [1.165, 1.54) is 59.0 Å². The number of pyridine rings is 2. The maximum Gasteiger partial charge on any atom is 1.00 e. The second-order valence-corrected chi connectivity index (χ2v) is 16.1. The summed E-state index contributed by atoms with van der Waals surface area (Å²) in [4.78, 5) is 107. The normalized spacial score (nSPS) is 10.6. The van der Waals surface area contributed by atoms with Crippen LogP contribution in [0.1, 0.15) is 79.2 Å². The van der Waals surface area contributed by atoms with E-state index in [1.54, 1.807) is 78.3 Å². The Kier molecular flexibility index (Phi) is 18.4. The van der Waals surface area contributed by atoms with Gasteiger partial charge in [0.25, 0.3) is 23.6 Å². The van der Waals surface area contributed by atoms with E-state index in [-0.39, 0.29) is 146 Å². The van der Waals surface area contributed by atoms with Crippen LogP contribution in [0.25, 0.3) is 11.0 Å². The Bertz CT molecular complexity index is 3580. The predicted molar refractivity (Wildman–Crippen MR) is 260 cm³/mol. The van der Waals surface area contributed by atoms with Crippen molar-refractivity contribution >= 4 is 81.0 Å². The Morgan fingerprint density at radius 2 is 1.05 bits per heavy atom. The number of amides is 4. The third kappa shape index (κ3) is 12.7. The van der Waals surface area contributed by atoms with Gasteiger partial charge in [-0.25, -0.2) is 4.98 Å². The van der Waals surface area contributed by atoms with Crippen LogP contribution in [0.4, 0.5) is 22.9 Å². The molecule has 0 fully saturated rings. The van der Waals surface area contributed by atoms with Crippen LogP contribution in [0.3, 0.4) is 0 Å². The number of ether oxygens (including phenoxy) is 2. The molecule has 0 radical (unpaired) electrons. The van der Waals surface area contributed by atoms with Crippen molar-refractivity contribution in [1.29, 1.82) is 0 Å². The number of nitrogens with two attached hydrogens (primary N) is 2. The molecule has 0 aliphatic heterocycles. The minimum absolute atomic E-state index is 0. The molecule has 0 atom stereocenters.